The maximum Gasteiger partial charge on any atom is 0.255 e. The molecule has 4 heteroatoms. The average Bonchev–Trinajstić information content (AvgIpc) is 2.46. The van der Waals surface area contributed by atoms with E-state index >= 15 is 0 Å². The van der Waals surface area contributed by atoms with Crippen LogP contribution < -0.4 is 10.6 Å². The number of carbonyl (C=O) groups excluding carboxylic acids is 1. The van der Waals surface area contributed by atoms with E-state index in [0.29, 0.717) is 5.56 Å². The van der Waals surface area contributed by atoms with E-state index in [1.807, 2.05) is 12.1 Å². The maximum absolute atomic E-state index is 13.4. The number of hydrogen-bond donors (Lipinski definition) is 2. The smallest absolute Gasteiger partial charge is 0.255 e. The first-order chi connectivity index (χ1) is 10.1. The summed E-state index contributed by atoms with van der Waals surface area (Å²) in [4.78, 5) is 12.3. The van der Waals surface area contributed by atoms with Crippen molar-refractivity contribution >= 4 is 11.6 Å². The lowest BCUT2D eigenvalue weighted by Crippen LogP contribution is -2.25. The van der Waals surface area contributed by atoms with Crippen LogP contribution in [0.5, 0.6) is 0 Å². The summed E-state index contributed by atoms with van der Waals surface area (Å²) in [6.07, 6.45) is 0.956. The van der Waals surface area contributed by atoms with Crippen LogP contribution in [-0.2, 0) is 13.0 Å². The van der Waals surface area contributed by atoms with Crippen molar-refractivity contribution in [3.8, 4) is 0 Å². The van der Waals surface area contributed by atoms with Crippen molar-refractivity contribution in [1.29, 1.82) is 0 Å². The second kappa shape index (κ2) is 5.66. The van der Waals surface area contributed by atoms with Crippen molar-refractivity contribution in [3.63, 3.8) is 0 Å². The molecular weight excluding hydrogens is 267 g/mol. The largest absolute Gasteiger partial charge is 0.322 e. The van der Waals surface area contributed by atoms with Gasteiger partial charge in [0.2, 0.25) is 0 Å². The second-order valence-electron chi connectivity index (χ2n) is 5.34. The minimum Gasteiger partial charge on any atom is -0.322 e. The van der Waals surface area contributed by atoms with Gasteiger partial charge in [0.25, 0.3) is 5.91 Å². The molecule has 1 amide bonds. The van der Waals surface area contributed by atoms with Crippen molar-refractivity contribution in [2.75, 3.05) is 11.9 Å². The molecule has 2 N–H and O–H groups in total. The Hall–Kier alpha value is -2.20. The van der Waals surface area contributed by atoms with Crippen LogP contribution in [0.1, 0.15) is 27.0 Å². The summed E-state index contributed by atoms with van der Waals surface area (Å²) < 4.78 is 13.4. The van der Waals surface area contributed by atoms with Gasteiger partial charge in [0.05, 0.1) is 0 Å². The fourth-order valence-electron chi connectivity index (χ4n) is 2.69. The fraction of sp³-hybridized carbons (Fsp3) is 0.235. The summed E-state index contributed by atoms with van der Waals surface area (Å²) >= 11 is 0. The predicted octanol–water partition coefficient (Wildman–Crippen LogP) is 3.03. The Morgan fingerprint density at radius 1 is 1.29 bits per heavy atom. The normalized spacial score (nSPS) is 13.6. The minimum atomic E-state index is -0.392. The molecule has 21 heavy (non-hydrogen) atoms. The van der Waals surface area contributed by atoms with Crippen LogP contribution in [0.2, 0.25) is 0 Å². The minimum absolute atomic E-state index is 0.281. The molecule has 0 radical (unpaired) electrons. The van der Waals surface area contributed by atoms with Crippen molar-refractivity contribution in [2.24, 2.45) is 0 Å². The van der Waals surface area contributed by atoms with Gasteiger partial charge >= 0.3 is 0 Å². The summed E-state index contributed by atoms with van der Waals surface area (Å²) in [5, 5.41) is 6.20. The molecule has 0 atom stereocenters. The SMILES string of the molecule is Cc1cc(F)cc(C(=O)Nc2cccc3c2CNCC3)c1. The van der Waals surface area contributed by atoms with Crippen LogP contribution in [0.25, 0.3) is 0 Å². The summed E-state index contributed by atoms with van der Waals surface area (Å²) in [6.45, 7) is 3.47. The standard InChI is InChI=1S/C17H17FN2O/c1-11-7-13(9-14(18)8-11)17(21)20-16-4-2-3-12-5-6-19-10-15(12)16/h2-4,7-9,19H,5-6,10H2,1H3,(H,20,21). The first-order valence-electron chi connectivity index (χ1n) is 7.03. The monoisotopic (exact) mass is 284 g/mol. The van der Waals surface area contributed by atoms with E-state index in [4.69, 9.17) is 0 Å². The highest BCUT2D eigenvalue weighted by atomic mass is 19.1. The Kier molecular flexibility index (Phi) is 3.71. The lowest BCUT2D eigenvalue weighted by molar-refractivity contribution is 0.102. The Morgan fingerprint density at radius 3 is 2.95 bits per heavy atom. The van der Waals surface area contributed by atoms with Gasteiger partial charge in [-0.25, -0.2) is 4.39 Å². The van der Waals surface area contributed by atoms with Gasteiger partial charge in [-0.2, -0.15) is 0 Å². The summed E-state index contributed by atoms with van der Waals surface area (Å²) in [5.41, 5.74) is 4.24. The van der Waals surface area contributed by atoms with Gasteiger partial charge in [0.15, 0.2) is 0 Å². The van der Waals surface area contributed by atoms with E-state index in [1.165, 1.54) is 17.7 Å². The van der Waals surface area contributed by atoms with Gasteiger partial charge in [-0.1, -0.05) is 12.1 Å². The number of nitrogens with one attached hydrogen (secondary N) is 2. The second-order valence-corrected chi connectivity index (χ2v) is 5.34. The number of fused-ring (bicyclic) bond motifs is 1. The molecule has 0 unspecified atom stereocenters. The third kappa shape index (κ3) is 2.95. The molecule has 0 saturated heterocycles. The highest BCUT2D eigenvalue weighted by molar-refractivity contribution is 6.04. The topological polar surface area (TPSA) is 41.1 Å². The Morgan fingerprint density at radius 2 is 2.14 bits per heavy atom. The molecular formula is C17H17FN2O. The van der Waals surface area contributed by atoms with Gasteiger partial charge in [0.1, 0.15) is 5.82 Å². The lowest BCUT2D eigenvalue weighted by atomic mass is 9.99. The molecule has 0 spiro atoms. The highest BCUT2D eigenvalue weighted by Crippen LogP contribution is 2.23. The Balaban J connectivity index is 1.88. The number of halogens is 1. The maximum atomic E-state index is 13.4. The van der Waals surface area contributed by atoms with Gasteiger partial charge < -0.3 is 10.6 Å². The van der Waals surface area contributed by atoms with E-state index < -0.39 is 5.82 Å². The van der Waals surface area contributed by atoms with Gasteiger partial charge in [-0.15, -0.1) is 0 Å². The number of carbonyl (C=O) groups is 1. The van der Waals surface area contributed by atoms with E-state index in [1.54, 1.807) is 13.0 Å². The third-order valence-electron chi connectivity index (χ3n) is 3.70. The molecule has 1 aliphatic rings. The number of aryl methyl sites for hydroxylation is 1. The van der Waals surface area contributed by atoms with Crippen molar-refractivity contribution < 1.29 is 9.18 Å². The van der Waals surface area contributed by atoms with Crippen LogP contribution in [0.4, 0.5) is 10.1 Å². The van der Waals surface area contributed by atoms with Crippen molar-refractivity contribution in [1.82, 2.24) is 5.32 Å². The predicted molar refractivity (Wildman–Crippen MR) is 80.9 cm³/mol. The Labute approximate surface area is 123 Å². The zero-order valence-corrected chi connectivity index (χ0v) is 11.9. The summed E-state index contributed by atoms with van der Waals surface area (Å²) in [6, 6.07) is 10.3. The molecule has 2 aromatic carbocycles. The third-order valence-corrected chi connectivity index (χ3v) is 3.70. The number of hydrogen-bond acceptors (Lipinski definition) is 2. The number of rotatable bonds is 2. The molecule has 0 aromatic heterocycles. The zero-order valence-electron chi connectivity index (χ0n) is 11.9. The molecule has 0 saturated carbocycles. The molecule has 1 heterocycles. The van der Waals surface area contributed by atoms with Crippen LogP contribution in [0, 0.1) is 12.7 Å². The molecule has 0 bridgehead atoms. The molecule has 0 fully saturated rings. The van der Waals surface area contributed by atoms with E-state index in [0.717, 1.165) is 36.3 Å². The summed E-state index contributed by atoms with van der Waals surface area (Å²) in [5.74, 6) is -0.673. The van der Waals surface area contributed by atoms with Crippen molar-refractivity contribution in [2.45, 2.75) is 19.9 Å². The van der Waals surface area contributed by atoms with E-state index in [-0.39, 0.29) is 5.91 Å². The molecule has 2 aromatic rings. The van der Waals surface area contributed by atoms with Gasteiger partial charge in [0, 0.05) is 17.8 Å². The molecule has 108 valence electrons. The molecule has 1 aliphatic heterocycles. The van der Waals surface area contributed by atoms with Crippen LogP contribution in [0.15, 0.2) is 36.4 Å². The first-order valence-corrected chi connectivity index (χ1v) is 7.03. The quantitative estimate of drug-likeness (QED) is 0.890. The number of amides is 1. The molecule has 3 rings (SSSR count). The number of benzene rings is 2. The number of anilines is 1. The molecule has 3 nitrogen and oxygen atoms in total. The van der Waals surface area contributed by atoms with Crippen LogP contribution in [-0.4, -0.2) is 12.5 Å². The lowest BCUT2D eigenvalue weighted by Gasteiger charge is -2.20. The molecule has 0 aliphatic carbocycles. The fourth-order valence-corrected chi connectivity index (χ4v) is 2.69. The summed E-state index contributed by atoms with van der Waals surface area (Å²) in [7, 11) is 0. The van der Waals surface area contributed by atoms with Gasteiger partial charge in [-0.05, 0) is 60.8 Å². The average molecular weight is 284 g/mol. The first kappa shape index (κ1) is 13.8. The highest BCUT2D eigenvalue weighted by Gasteiger charge is 2.15. The van der Waals surface area contributed by atoms with Crippen LogP contribution >= 0.6 is 0 Å². The zero-order chi connectivity index (χ0) is 14.8. The van der Waals surface area contributed by atoms with Crippen molar-refractivity contribution in [3.05, 3.63) is 64.5 Å². The van der Waals surface area contributed by atoms with E-state index in [9.17, 15) is 9.18 Å². The Bertz CT molecular complexity index is 677. The van der Waals surface area contributed by atoms with Gasteiger partial charge in [-0.3, -0.25) is 4.79 Å². The van der Waals surface area contributed by atoms with Crippen LogP contribution in [0.3, 0.4) is 0 Å². The van der Waals surface area contributed by atoms with E-state index in [2.05, 4.69) is 16.7 Å².